The molecule has 80 valence electrons. The van der Waals surface area contributed by atoms with Gasteiger partial charge in [-0.05, 0) is 18.6 Å². The van der Waals surface area contributed by atoms with Gasteiger partial charge in [-0.1, -0.05) is 23.7 Å². The standard InChI is InChI=1S/C11H13ClN2O/c1-7-3-2-4-9(12)11(7)14-6-8(13)5-10(14)15/h2-4,8H,5-6,13H2,1H3. The number of nitrogens with zero attached hydrogens (tertiary/aromatic N) is 1. The molecular weight excluding hydrogens is 212 g/mol. The van der Waals surface area contributed by atoms with Crippen LogP contribution >= 0.6 is 11.6 Å². The van der Waals surface area contributed by atoms with Crippen molar-refractivity contribution in [3.63, 3.8) is 0 Å². The molecule has 1 aromatic rings. The molecule has 0 bridgehead atoms. The van der Waals surface area contributed by atoms with E-state index in [1.165, 1.54) is 0 Å². The van der Waals surface area contributed by atoms with E-state index in [9.17, 15) is 4.79 Å². The maximum absolute atomic E-state index is 11.7. The van der Waals surface area contributed by atoms with Gasteiger partial charge in [0.05, 0.1) is 10.7 Å². The lowest BCUT2D eigenvalue weighted by molar-refractivity contribution is -0.117. The van der Waals surface area contributed by atoms with Crippen LogP contribution in [0.5, 0.6) is 0 Å². The van der Waals surface area contributed by atoms with Crippen LogP contribution in [0, 0.1) is 6.92 Å². The molecule has 1 aliphatic heterocycles. The van der Waals surface area contributed by atoms with E-state index in [2.05, 4.69) is 0 Å². The Kier molecular flexibility index (Phi) is 2.67. The van der Waals surface area contributed by atoms with Crippen LogP contribution in [0.3, 0.4) is 0 Å². The number of carbonyl (C=O) groups is 1. The molecule has 1 fully saturated rings. The van der Waals surface area contributed by atoms with Crippen molar-refractivity contribution in [1.82, 2.24) is 0 Å². The lowest BCUT2D eigenvalue weighted by atomic mass is 10.2. The second kappa shape index (κ2) is 3.83. The Hall–Kier alpha value is -1.06. The molecule has 1 unspecified atom stereocenters. The Labute approximate surface area is 93.8 Å². The van der Waals surface area contributed by atoms with Gasteiger partial charge in [-0.25, -0.2) is 0 Å². The van der Waals surface area contributed by atoms with Crippen LogP contribution in [0.15, 0.2) is 18.2 Å². The summed E-state index contributed by atoms with van der Waals surface area (Å²) in [7, 11) is 0. The van der Waals surface area contributed by atoms with Gasteiger partial charge in [0.25, 0.3) is 0 Å². The SMILES string of the molecule is Cc1cccc(Cl)c1N1CC(N)CC1=O. The van der Waals surface area contributed by atoms with Gasteiger partial charge in [0.1, 0.15) is 0 Å². The summed E-state index contributed by atoms with van der Waals surface area (Å²) in [5.74, 6) is 0.0544. The van der Waals surface area contributed by atoms with Crippen LogP contribution in [-0.4, -0.2) is 18.5 Å². The first-order valence-corrected chi connectivity index (χ1v) is 5.28. The lowest BCUT2D eigenvalue weighted by Crippen LogP contribution is -2.28. The monoisotopic (exact) mass is 224 g/mol. The lowest BCUT2D eigenvalue weighted by Gasteiger charge is -2.19. The average molecular weight is 225 g/mol. The highest BCUT2D eigenvalue weighted by molar-refractivity contribution is 6.34. The van der Waals surface area contributed by atoms with Gasteiger partial charge in [-0.3, -0.25) is 4.79 Å². The quantitative estimate of drug-likeness (QED) is 0.790. The zero-order valence-electron chi connectivity index (χ0n) is 8.53. The maximum atomic E-state index is 11.7. The minimum atomic E-state index is -0.0758. The van der Waals surface area contributed by atoms with E-state index >= 15 is 0 Å². The second-order valence-corrected chi connectivity index (χ2v) is 4.28. The van der Waals surface area contributed by atoms with E-state index in [4.69, 9.17) is 17.3 Å². The smallest absolute Gasteiger partial charge is 0.228 e. The van der Waals surface area contributed by atoms with E-state index in [1.54, 1.807) is 11.0 Å². The summed E-state index contributed by atoms with van der Waals surface area (Å²) in [4.78, 5) is 13.4. The number of para-hydroxylation sites is 1. The number of rotatable bonds is 1. The van der Waals surface area contributed by atoms with Crippen molar-refractivity contribution in [1.29, 1.82) is 0 Å². The topological polar surface area (TPSA) is 46.3 Å². The second-order valence-electron chi connectivity index (χ2n) is 3.87. The van der Waals surface area contributed by atoms with Crippen molar-refractivity contribution < 1.29 is 4.79 Å². The van der Waals surface area contributed by atoms with Crippen LogP contribution in [0.1, 0.15) is 12.0 Å². The van der Waals surface area contributed by atoms with Crippen molar-refractivity contribution in [3.8, 4) is 0 Å². The minimum Gasteiger partial charge on any atom is -0.326 e. The number of nitrogens with two attached hydrogens (primary N) is 1. The summed E-state index contributed by atoms with van der Waals surface area (Å²) in [5.41, 5.74) is 7.55. The third kappa shape index (κ3) is 1.85. The highest BCUT2D eigenvalue weighted by Crippen LogP contribution is 2.32. The first-order chi connectivity index (χ1) is 7.09. The number of halogens is 1. The molecular formula is C11H13ClN2O. The molecule has 0 aliphatic carbocycles. The molecule has 1 heterocycles. The summed E-state index contributed by atoms with van der Waals surface area (Å²) in [6.45, 7) is 2.50. The molecule has 0 saturated carbocycles. The van der Waals surface area contributed by atoms with Crippen molar-refractivity contribution in [2.75, 3.05) is 11.4 Å². The van der Waals surface area contributed by atoms with E-state index < -0.39 is 0 Å². The van der Waals surface area contributed by atoms with Gasteiger partial charge in [-0.15, -0.1) is 0 Å². The molecule has 1 atom stereocenters. The number of aryl methyl sites for hydroxylation is 1. The normalized spacial score (nSPS) is 21.1. The van der Waals surface area contributed by atoms with Crippen LogP contribution in [-0.2, 0) is 4.79 Å². The maximum Gasteiger partial charge on any atom is 0.228 e. The molecule has 4 heteroatoms. The number of hydrogen-bond donors (Lipinski definition) is 1. The summed E-state index contributed by atoms with van der Waals surface area (Å²) in [5, 5.41) is 0.609. The van der Waals surface area contributed by atoms with Gasteiger partial charge in [0, 0.05) is 19.0 Å². The van der Waals surface area contributed by atoms with Crippen LogP contribution < -0.4 is 10.6 Å². The molecule has 3 nitrogen and oxygen atoms in total. The molecule has 1 saturated heterocycles. The van der Waals surface area contributed by atoms with Gasteiger partial charge in [0.15, 0.2) is 0 Å². The van der Waals surface area contributed by atoms with Crippen molar-refractivity contribution in [2.45, 2.75) is 19.4 Å². The highest BCUT2D eigenvalue weighted by atomic mass is 35.5. The molecule has 1 aliphatic rings. The van der Waals surface area contributed by atoms with E-state index in [0.717, 1.165) is 11.3 Å². The Morgan fingerprint density at radius 2 is 2.27 bits per heavy atom. The van der Waals surface area contributed by atoms with E-state index in [0.29, 0.717) is 18.0 Å². The molecule has 15 heavy (non-hydrogen) atoms. The molecule has 2 N–H and O–H groups in total. The predicted molar refractivity (Wildman–Crippen MR) is 61.1 cm³/mol. The van der Waals surface area contributed by atoms with Crippen LogP contribution in [0.2, 0.25) is 5.02 Å². The molecule has 2 rings (SSSR count). The van der Waals surface area contributed by atoms with Crippen LogP contribution in [0.25, 0.3) is 0 Å². The highest BCUT2D eigenvalue weighted by Gasteiger charge is 2.30. The van der Waals surface area contributed by atoms with Crippen molar-refractivity contribution in [3.05, 3.63) is 28.8 Å². The third-order valence-corrected chi connectivity index (χ3v) is 2.92. The fourth-order valence-corrected chi connectivity index (χ4v) is 2.24. The fourth-order valence-electron chi connectivity index (χ4n) is 1.92. The summed E-state index contributed by atoms with van der Waals surface area (Å²) in [6.07, 6.45) is 0.407. The zero-order chi connectivity index (χ0) is 11.0. The summed E-state index contributed by atoms with van der Waals surface area (Å²) in [6, 6.07) is 5.54. The Morgan fingerprint density at radius 1 is 1.53 bits per heavy atom. The van der Waals surface area contributed by atoms with Gasteiger partial charge >= 0.3 is 0 Å². The number of anilines is 1. The molecule has 0 spiro atoms. The number of amides is 1. The van der Waals surface area contributed by atoms with Gasteiger partial charge in [-0.2, -0.15) is 0 Å². The molecule has 0 aromatic heterocycles. The zero-order valence-corrected chi connectivity index (χ0v) is 9.29. The van der Waals surface area contributed by atoms with Gasteiger partial charge < -0.3 is 10.6 Å². The first kappa shape index (κ1) is 10.5. The van der Waals surface area contributed by atoms with Crippen LogP contribution in [0.4, 0.5) is 5.69 Å². The van der Waals surface area contributed by atoms with Gasteiger partial charge in [0.2, 0.25) is 5.91 Å². The third-order valence-electron chi connectivity index (χ3n) is 2.61. The molecule has 1 aromatic carbocycles. The fraction of sp³-hybridized carbons (Fsp3) is 0.364. The Bertz CT molecular complexity index is 385. The number of hydrogen-bond acceptors (Lipinski definition) is 2. The predicted octanol–water partition coefficient (Wildman–Crippen LogP) is 1.71. The summed E-state index contributed by atoms with van der Waals surface area (Å²) >= 11 is 6.09. The minimum absolute atomic E-state index is 0.0544. The van der Waals surface area contributed by atoms with E-state index in [1.807, 2.05) is 19.1 Å². The van der Waals surface area contributed by atoms with Crippen molar-refractivity contribution in [2.24, 2.45) is 5.73 Å². The Morgan fingerprint density at radius 3 is 2.80 bits per heavy atom. The summed E-state index contributed by atoms with van der Waals surface area (Å²) < 4.78 is 0. The number of carbonyl (C=O) groups excluding carboxylic acids is 1. The Balaban J connectivity index is 2.41. The van der Waals surface area contributed by atoms with E-state index in [-0.39, 0.29) is 11.9 Å². The van der Waals surface area contributed by atoms with Crippen molar-refractivity contribution >= 4 is 23.2 Å². The first-order valence-electron chi connectivity index (χ1n) is 4.90. The number of benzene rings is 1. The molecule has 0 radical (unpaired) electrons. The molecule has 1 amide bonds. The average Bonchev–Trinajstić information content (AvgIpc) is 2.45. The largest absolute Gasteiger partial charge is 0.326 e.